The summed E-state index contributed by atoms with van der Waals surface area (Å²) in [6, 6.07) is 12.4. The van der Waals surface area contributed by atoms with Crippen LogP contribution < -0.4 is 15.1 Å². The van der Waals surface area contributed by atoms with Crippen LogP contribution in [0.1, 0.15) is 32.0 Å². The molecule has 140 valence electrons. The number of carbonyl (C=O) groups is 1. The maximum absolute atomic E-state index is 12.3. The lowest BCUT2D eigenvalue weighted by Gasteiger charge is -2.29. The molecule has 1 aliphatic rings. The molecule has 0 radical (unpaired) electrons. The zero-order valence-electron chi connectivity index (χ0n) is 16.0. The maximum atomic E-state index is 12.3. The van der Waals surface area contributed by atoms with E-state index in [9.17, 15) is 4.79 Å². The zero-order valence-corrected chi connectivity index (χ0v) is 16.0. The summed E-state index contributed by atoms with van der Waals surface area (Å²) in [5.74, 6) is 0.427. The Bertz CT molecular complexity index is 713. The molecule has 1 amide bonds. The third-order valence-electron chi connectivity index (χ3n) is 4.91. The van der Waals surface area contributed by atoms with Crippen LogP contribution >= 0.6 is 0 Å². The van der Waals surface area contributed by atoms with E-state index < -0.39 is 0 Å². The van der Waals surface area contributed by atoms with Crippen molar-refractivity contribution in [1.82, 2.24) is 5.16 Å². The highest BCUT2D eigenvalue weighted by Gasteiger charge is 2.26. The van der Waals surface area contributed by atoms with E-state index >= 15 is 0 Å². The Morgan fingerprint density at radius 1 is 1.12 bits per heavy atom. The number of amides is 1. The molecule has 1 aliphatic heterocycles. The number of nitrogens with zero attached hydrogens (tertiary/aromatic N) is 1. The van der Waals surface area contributed by atoms with Crippen LogP contribution in [0.3, 0.4) is 0 Å². The monoisotopic (exact) mass is 358 g/mol. The maximum Gasteiger partial charge on any atom is 0.281 e. The minimum Gasteiger partial charge on any atom is -0.338 e. The molecule has 0 aliphatic carbocycles. The Kier molecular flexibility index (Phi) is 5.74. The predicted octanol–water partition coefficient (Wildman–Crippen LogP) is -0.106. The van der Waals surface area contributed by atoms with Gasteiger partial charge in [-0.05, 0) is 0 Å². The van der Waals surface area contributed by atoms with E-state index in [1.54, 1.807) is 4.90 Å². The van der Waals surface area contributed by atoms with Crippen LogP contribution in [-0.2, 0) is 16.8 Å². The van der Waals surface area contributed by atoms with Gasteiger partial charge in [-0.3, -0.25) is 10.1 Å². The fraction of sp³-hybridized carbons (Fsp3) is 0.500. The van der Waals surface area contributed by atoms with E-state index in [-0.39, 0.29) is 11.3 Å². The summed E-state index contributed by atoms with van der Waals surface area (Å²) in [5.41, 5.74) is 2.14. The fourth-order valence-electron chi connectivity index (χ4n) is 3.29. The molecule has 2 aromatic rings. The molecule has 0 atom stereocenters. The van der Waals surface area contributed by atoms with Crippen molar-refractivity contribution in [3.05, 3.63) is 47.7 Å². The molecule has 1 fully saturated rings. The molecule has 3 rings (SSSR count). The molecule has 6 heteroatoms. The summed E-state index contributed by atoms with van der Waals surface area (Å²) >= 11 is 0. The number of carbonyl (C=O) groups excluding carboxylic acids is 1. The van der Waals surface area contributed by atoms with Crippen molar-refractivity contribution in [3.8, 4) is 0 Å². The largest absolute Gasteiger partial charge is 0.338 e. The number of anilines is 1. The average molecular weight is 358 g/mol. The van der Waals surface area contributed by atoms with Crippen LogP contribution in [0.15, 0.2) is 40.9 Å². The summed E-state index contributed by atoms with van der Waals surface area (Å²) in [6.07, 6.45) is 0. The minimum atomic E-state index is -0.0877. The van der Waals surface area contributed by atoms with Crippen LogP contribution in [0.25, 0.3) is 0 Å². The quantitative estimate of drug-likeness (QED) is 0.699. The van der Waals surface area contributed by atoms with Gasteiger partial charge in [0, 0.05) is 17.0 Å². The van der Waals surface area contributed by atoms with Gasteiger partial charge in [0.25, 0.3) is 5.91 Å². The van der Waals surface area contributed by atoms with Crippen molar-refractivity contribution in [2.45, 2.75) is 32.7 Å². The summed E-state index contributed by atoms with van der Waals surface area (Å²) in [5, 5.41) is 6.87. The second-order valence-electron chi connectivity index (χ2n) is 8.21. The molecule has 3 N–H and O–H groups in total. The number of benzene rings is 1. The lowest BCUT2D eigenvalue weighted by atomic mass is 9.92. The molecule has 1 aromatic carbocycles. The molecule has 1 saturated heterocycles. The Hall–Kier alpha value is -2.18. The molecular formula is C20H30N4O2+2. The number of nitrogens with one attached hydrogen (secondary N) is 3. The lowest BCUT2D eigenvalue weighted by molar-refractivity contribution is -1.02. The SMILES string of the molecule is CC(C)(C)c1cc(NC(=O)C[NH+]2CC[NH+](Cc3ccccc3)CC2)on1. The minimum absolute atomic E-state index is 0.0110. The second kappa shape index (κ2) is 8.01. The summed E-state index contributed by atoms with van der Waals surface area (Å²) in [4.78, 5) is 15.2. The molecule has 1 aromatic heterocycles. The van der Waals surface area contributed by atoms with Crippen LogP contribution in [-0.4, -0.2) is 43.8 Å². The average Bonchev–Trinajstić information content (AvgIpc) is 3.06. The first-order valence-electron chi connectivity index (χ1n) is 9.38. The van der Waals surface area contributed by atoms with Crippen molar-refractivity contribution >= 4 is 11.8 Å². The third kappa shape index (κ3) is 5.16. The van der Waals surface area contributed by atoms with Crippen LogP contribution in [0, 0.1) is 0 Å². The first-order valence-corrected chi connectivity index (χ1v) is 9.38. The molecule has 0 bridgehead atoms. The molecule has 0 saturated carbocycles. The first-order chi connectivity index (χ1) is 12.4. The van der Waals surface area contributed by atoms with Crippen molar-refractivity contribution in [1.29, 1.82) is 0 Å². The fourth-order valence-corrected chi connectivity index (χ4v) is 3.29. The summed E-state index contributed by atoms with van der Waals surface area (Å²) in [7, 11) is 0. The zero-order chi connectivity index (χ0) is 18.6. The number of piperazine rings is 1. The topological polar surface area (TPSA) is 64.0 Å². The number of hydrogen-bond acceptors (Lipinski definition) is 3. The highest BCUT2D eigenvalue weighted by atomic mass is 16.5. The van der Waals surface area contributed by atoms with Crippen LogP contribution in [0.2, 0.25) is 0 Å². The van der Waals surface area contributed by atoms with Gasteiger partial charge in [0.15, 0.2) is 6.54 Å². The van der Waals surface area contributed by atoms with Crippen LogP contribution in [0.5, 0.6) is 0 Å². The number of rotatable bonds is 5. The van der Waals surface area contributed by atoms with E-state index in [1.807, 2.05) is 6.07 Å². The first kappa shape index (κ1) is 18.6. The Morgan fingerprint density at radius 3 is 2.38 bits per heavy atom. The standard InChI is InChI=1S/C20H28N4O2/c1-20(2,3)17-13-19(26-22-17)21-18(25)15-24-11-9-23(10-12-24)14-16-7-5-4-6-8-16/h4-8,13H,9-12,14-15H2,1-3H3,(H,21,25)/p+2. The lowest BCUT2D eigenvalue weighted by Crippen LogP contribution is -3.28. The van der Waals surface area contributed by atoms with Crippen molar-refractivity contribution in [2.75, 3.05) is 38.0 Å². The van der Waals surface area contributed by atoms with Crippen LogP contribution in [0.4, 0.5) is 5.88 Å². The smallest absolute Gasteiger partial charge is 0.281 e. The van der Waals surface area contributed by atoms with Crippen molar-refractivity contribution in [3.63, 3.8) is 0 Å². The van der Waals surface area contributed by atoms with E-state index in [4.69, 9.17) is 4.52 Å². The Balaban J connectivity index is 1.42. The van der Waals surface area contributed by atoms with Gasteiger partial charge in [0.1, 0.15) is 32.7 Å². The highest BCUT2D eigenvalue weighted by molar-refractivity contribution is 5.90. The van der Waals surface area contributed by atoms with Gasteiger partial charge in [0.05, 0.1) is 5.69 Å². The van der Waals surface area contributed by atoms with Gasteiger partial charge < -0.3 is 14.3 Å². The number of quaternary nitrogens is 2. The van der Waals surface area contributed by atoms with Gasteiger partial charge in [-0.1, -0.05) is 56.3 Å². The van der Waals surface area contributed by atoms with Gasteiger partial charge in [0.2, 0.25) is 5.88 Å². The molecular weight excluding hydrogens is 328 g/mol. The van der Waals surface area contributed by atoms with E-state index in [0.717, 1.165) is 38.4 Å². The van der Waals surface area contributed by atoms with Crippen molar-refractivity contribution < 1.29 is 19.1 Å². The van der Waals surface area contributed by atoms with Crippen molar-refractivity contribution in [2.24, 2.45) is 0 Å². The Labute approximate surface area is 155 Å². The molecule has 0 spiro atoms. The van der Waals surface area contributed by atoms with Gasteiger partial charge >= 0.3 is 0 Å². The normalized spacial score (nSPS) is 20.7. The van der Waals surface area contributed by atoms with Gasteiger partial charge in [-0.25, -0.2) is 0 Å². The third-order valence-corrected chi connectivity index (χ3v) is 4.91. The van der Waals surface area contributed by atoms with E-state index in [2.05, 4.69) is 61.6 Å². The van der Waals surface area contributed by atoms with Gasteiger partial charge in [-0.15, -0.1) is 0 Å². The Morgan fingerprint density at radius 2 is 1.77 bits per heavy atom. The second-order valence-corrected chi connectivity index (χ2v) is 8.21. The van der Waals surface area contributed by atoms with E-state index in [1.165, 1.54) is 10.5 Å². The number of hydrogen-bond donors (Lipinski definition) is 3. The number of aromatic nitrogens is 1. The summed E-state index contributed by atoms with van der Waals surface area (Å²) < 4.78 is 5.24. The molecule has 6 nitrogen and oxygen atoms in total. The predicted molar refractivity (Wildman–Crippen MR) is 100 cm³/mol. The van der Waals surface area contributed by atoms with E-state index in [0.29, 0.717) is 12.4 Å². The highest BCUT2D eigenvalue weighted by Crippen LogP contribution is 2.23. The summed E-state index contributed by atoms with van der Waals surface area (Å²) in [6.45, 7) is 12.0. The van der Waals surface area contributed by atoms with Gasteiger partial charge in [-0.2, -0.15) is 0 Å². The molecule has 2 heterocycles. The molecule has 0 unspecified atom stereocenters. The molecule has 26 heavy (non-hydrogen) atoms.